The maximum Gasteiger partial charge on any atom is 0.389 e. The van der Waals surface area contributed by atoms with Crippen molar-refractivity contribution in [2.75, 3.05) is 12.4 Å². The fourth-order valence-electron chi connectivity index (χ4n) is 1.02. The second kappa shape index (κ2) is 7.81. The normalized spacial score (nSPS) is 13.6. The van der Waals surface area contributed by atoms with E-state index in [-0.39, 0.29) is 17.6 Å². The number of ether oxygens (including phenoxy) is 1. The maximum atomic E-state index is 11.8. The third-order valence-electron chi connectivity index (χ3n) is 1.84. The van der Waals surface area contributed by atoms with Crippen molar-refractivity contribution in [2.45, 2.75) is 44.5 Å². The predicted molar refractivity (Wildman–Crippen MR) is 58.5 cm³/mol. The Hall–Kier alpha value is -0.390. The van der Waals surface area contributed by atoms with Gasteiger partial charge in [-0.3, -0.25) is 4.79 Å². The van der Waals surface area contributed by atoms with Crippen LogP contribution >= 0.6 is 11.8 Å². The molecule has 0 aromatic rings. The molecular formula is C10H17F3O2S. The molecule has 6 heteroatoms. The Bertz CT molecular complexity index is 207. The van der Waals surface area contributed by atoms with Crippen molar-refractivity contribution >= 4 is 17.7 Å². The van der Waals surface area contributed by atoms with Crippen molar-refractivity contribution in [1.29, 1.82) is 0 Å². The number of esters is 1. The minimum Gasteiger partial charge on any atom is -0.465 e. The van der Waals surface area contributed by atoms with Crippen molar-refractivity contribution in [2.24, 2.45) is 0 Å². The van der Waals surface area contributed by atoms with Crippen LogP contribution in [-0.4, -0.2) is 29.8 Å². The van der Waals surface area contributed by atoms with E-state index in [2.05, 4.69) is 0 Å². The lowest BCUT2D eigenvalue weighted by molar-refractivity contribution is -0.142. The van der Waals surface area contributed by atoms with Gasteiger partial charge in [0, 0.05) is 6.42 Å². The molecule has 0 spiro atoms. The number of rotatable bonds is 7. The van der Waals surface area contributed by atoms with Gasteiger partial charge in [-0.1, -0.05) is 0 Å². The van der Waals surface area contributed by atoms with Gasteiger partial charge in [-0.15, -0.1) is 11.8 Å². The van der Waals surface area contributed by atoms with E-state index in [0.29, 0.717) is 18.8 Å². The molecule has 0 saturated carbocycles. The quantitative estimate of drug-likeness (QED) is 0.517. The molecule has 0 heterocycles. The van der Waals surface area contributed by atoms with Crippen LogP contribution in [0, 0.1) is 0 Å². The molecule has 0 aliphatic carbocycles. The molecule has 0 bridgehead atoms. The van der Waals surface area contributed by atoms with Crippen molar-refractivity contribution in [3.05, 3.63) is 0 Å². The Balaban J connectivity index is 3.48. The SMILES string of the molecule is CCOC(=O)C(C)SCCCCC(F)(F)F. The van der Waals surface area contributed by atoms with Gasteiger partial charge in [-0.05, 0) is 32.4 Å². The first-order chi connectivity index (χ1) is 7.37. The van der Waals surface area contributed by atoms with Crippen LogP contribution in [-0.2, 0) is 9.53 Å². The van der Waals surface area contributed by atoms with Crippen molar-refractivity contribution < 1.29 is 22.7 Å². The first-order valence-corrected chi connectivity index (χ1v) is 6.26. The van der Waals surface area contributed by atoms with E-state index < -0.39 is 12.6 Å². The van der Waals surface area contributed by atoms with Gasteiger partial charge >= 0.3 is 12.1 Å². The van der Waals surface area contributed by atoms with Crippen LogP contribution in [0.2, 0.25) is 0 Å². The topological polar surface area (TPSA) is 26.3 Å². The molecule has 0 aliphatic heterocycles. The molecule has 0 aromatic carbocycles. The standard InChI is InChI=1S/C10H17F3O2S/c1-3-15-9(14)8(2)16-7-5-4-6-10(11,12)13/h8H,3-7H2,1-2H3. The summed E-state index contributed by atoms with van der Waals surface area (Å²) in [6.45, 7) is 3.75. The monoisotopic (exact) mass is 258 g/mol. The Morgan fingerprint density at radius 3 is 2.50 bits per heavy atom. The second-order valence-electron chi connectivity index (χ2n) is 3.34. The van der Waals surface area contributed by atoms with Crippen LogP contribution in [0.25, 0.3) is 0 Å². The molecule has 16 heavy (non-hydrogen) atoms. The lowest BCUT2D eigenvalue weighted by Gasteiger charge is -2.10. The van der Waals surface area contributed by atoms with E-state index >= 15 is 0 Å². The molecule has 1 unspecified atom stereocenters. The number of hydrogen-bond acceptors (Lipinski definition) is 3. The van der Waals surface area contributed by atoms with Crippen molar-refractivity contribution in [1.82, 2.24) is 0 Å². The van der Waals surface area contributed by atoms with Gasteiger partial charge in [-0.25, -0.2) is 0 Å². The summed E-state index contributed by atoms with van der Waals surface area (Å²) in [4.78, 5) is 11.1. The summed E-state index contributed by atoms with van der Waals surface area (Å²) in [5.74, 6) is 0.249. The highest BCUT2D eigenvalue weighted by atomic mass is 32.2. The number of carbonyl (C=O) groups is 1. The first-order valence-electron chi connectivity index (χ1n) is 5.21. The molecule has 96 valence electrons. The maximum absolute atomic E-state index is 11.8. The fraction of sp³-hybridized carbons (Fsp3) is 0.900. The summed E-state index contributed by atoms with van der Waals surface area (Å²) in [6.07, 6.45) is -4.24. The molecule has 0 amide bonds. The summed E-state index contributed by atoms with van der Waals surface area (Å²) in [5, 5.41) is -0.300. The van der Waals surface area contributed by atoms with Crippen LogP contribution < -0.4 is 0 Å². The summed E-state index contributed by atoms with van der Waals surface area (Å²) in [6, 6.07) is 0. The fourth-order valence-corrected chi connectivity index (χ4v) is 1.94. The molecule has 1 atom stereocenters. The van der Waals surface area contributed by atoms with E-state index in [1.54, 1.807) is 13.8 Å². The lowest BCUT2D eigenvalue weighted by atomic mass is 10.2. The van der Waals surface area contributed by atoms with Crippen LogP contribution in [0.5, 0.6) is 0 Å². The van der Waals surface area contributed by atoms with Gasteiger partial charge in [0.1, 0.15) is 0 Å². The zero-order valence-electron chi connectivity index (χ0n) is 9.47. The van der Waals surface area contributed by atoms with Crippen LogP contribution in [0.3, 0.4) is 0 Å². The lowest BCUT2D eigenvalue weighted by Crippen LogP contribution is -2.17. The second-order valence-corrected chi connectivity index (χ2v) is 4.79. The highest BCUT2D eigenvalue weighted by Crippen LogP contribution is 2.23. The average molecular weight is 258 g/mol. The minimum atomic E-state index is -4.07. The van der Waals surface area contributed by atoms with Gasteiger partial charge in [-0.2, -0.15) is 13.2 Å². The predicted octanol–water partition coefficient (Wildman–Crippen LogP) is 3.40. The molecule has 0 rings (SSSR count). The summed E-state index contributed by atoms with van der Waals surface area (Å²) in [5.41, 5.74) is 0. The Labute approximate surface area is 97.9 Å². The smallest absolute Gasteiger partial charge is 0.389 e. The molecular weight excluding hydrogens is 241 g/mol. The number of unbranched alkanes of at least 4 members (excludes halogenated alkanes) is 1. The van der Waals surface area contributed by atoms with Gasteiger partial charge < -0.3 is 4.74 Å². The average Bonchev–Trinajstić information content (AvgIpc) is 2.15. The van der Waals surface area contributed by atoms with Gasteiger partial charge in [0.25, 0.3) is 0 Å². The Morgan fingerprint density at radius 1 is 1.38 bits per heavy atom. The van der Waals surface area contributed by atoms with Crippen LogP contribution in [0.1, 0.15) is 33.1 Å². The van der Waals surface area contributed by atoms with Gasteiger partial charge in [0.15, 0.2) is 0 Å². The zero-order valence-corrected chi connectivity index (χ0v) is 10.3. The highest BCUT2D eigenvalue weighted by molar-refractivity contribution is 8.00. The Morgan fingerprint density at radius 2 is 2.00 bits per heavy atom. The third kappa shape index (κ3) is 8.88. The summed E-state index contributed by atoms with van der Waals surface area (Å²) in [7, 11) is 0. The van der Waals surface area contributed by atoms with Crippen LogP contribution in [0.15, 0.2) is 0 Å². The minimum absolute atomic E-state index is 0.117. The van der Waals surface area contributed by atoms with E-state index in [9.17, 15) is 18.0 Å². The van der Waals surface area contributed by atoms with Gasteiger partial charge in [0.2, 0.25) is 0 Å². The van der Waals surface area contributed by atoms with Crippen molar-refractivity contribution in [3.8, 4) is 0 Å². The number of carbonyl (C=O) groups excluding carboxylic acids is 1. The highest BCUT2D eigenvalue weighted by Gasteiger charge is 2.25. The largest absolute Gasteiger partial charge is 0.465 e. The number of halogens is 3. The third-order valence-corrected chi connectivity index (χ3v) is 3.06. The summed E-state index contributed by atoms with van der Waals surface area (Å²) < 4.78 is 40.1. The summed E-state index contributed by atoms with van der Waals surface area (Å²) >= 11 is 1.33. The number of hydrogen-bond donors (Lipinski definition) is 0. The van der Waals surface area contributed by atoms with E-state index in [1.807, 2.05) is 0 Å². The molecule has 0 aliphatic rings. The van der Waals surface area contributed by atoms with Crippen molar-refractivity contribution in [3.63, 3.8) is 0 Å². The molecule has 0 fully saturated rings. The van der Waals surface area contributed by atoms with Crippen LogP contribution in [0.4, 0.5) is 13.2 Å². The van der Waals surface area contributed by atoms with E-state index in [4.69, 9.17) is 4.74 Å². The first kappa shape index (κ1) is 15.6. The van der Waals surface area contributed by atoms with E-state index in [1.165, 1.54) is 11.8 Å². The molecule has 0 radical (unpaired) electrons. The van der Waals surface area contributed by atoms with Gasteiger partial charge in [0.05, 0.1) is 11.9 Å². The molecule has 2 nitrogen and oxygen atoms in total. The number of thioether (sulfide) groups is 1. The zero-order chi connectivity index (χ0) is 12.6. The Kier molecular flexibility index (Phi) is 7.62. The molecule has 0 saturated heterocycles. The molecule has 0 aromatic heterocycles. The van der Waals surface area contributed by atoms with E-state index in [0.717, 1.165) is 0 Å². The number of alkyl halides is 3. The molecule has 0 N–H and O–H groups in total.